The van der Waals surface area contributed by atoms with E-state index in [1.54, 1.807) is 0 Å². The van der Waals surface area contributed by atoms with E-state index >= 15 is 0 Å². The average molecular weight is 214 g/mol. The molecular weight excluding hydrogens is 206 g/mol. The highest BCUT2D eigenvalue weighted by Gasteiger charge is 2.31. The summed E-state index contributed by atoms with van der Waals surface area (Å²) in [4.78, 5) is 12.0. The van der Waals surface area contributed by atoms with Gasteiger partial charge in [-0.05, 0) is 0 Å². The van der Waals surface area contributed by atoms with Gasteiger partial charge >= 0.3 is 6.09 Å². The van der Waals surface area contributed by atoms with Crippen molar-refractivity contribution in [1.82, 2.24) is 4.90 Å². The molecule has 0 aromatic heterocycles. The molecule has 1 amide bonds. The van der Waals surface area contributed by atoms with Crippen LogP contribution in [0, 0.1) is 0 Å². The number of ether oxygens (including phenoxy) is 1. The van der Waals surface area contributed by atoms with Gasteiger partial charge in [-0.1, -0.05) is 0 Å². The first-order valence-electron chi connectivity index (χ1n) is 3.22. The Hall–Kier alpha value is -0.490. The number of rotatable bonds is 2. The lowest BCUT2D eigenvalue weighted by Crippen LogP contribution is -2.23. The van der Waals surface area contributed by atoms with Crippen LogP contribution in [0.3, 0.4) is 0 Å². The van der Waals surface area contributed by atoms with Crippen LogP contribution in [0.2, 0.25) is 0 Å². The van der Waals surface area contributed by atoms with E-state index in [4.69, 9.17) is 10.7 Å². The van der Waals surface area contributed by atoms with Crippen molar-refractivity contribution in [1.29, 1.82) is 0 Å². The van der Waals surface area contributed by atoms with Crippen molar-refractivity contribution in [3.63, 3.8) is 0 Å². The third-order valence-electron chi connectivity index (χ3n) is 1.44. The molecule has 0 spiro atoms. The van der Waals surface area contributed by atoms with Crippen LogP contribution in [0.5, 0.6) is 0 Å². The SMILES string of the molecule is CN1CC(CS(=O)(=O)Cl)OC1=O. The molecule has 1 saturated heterocycles. The summed E-state index contributed by atoms with van der Waals surface area (Å²) in [6.07, 6.45) is -1.15. The van der Waals surface area contributed by atoms with E-state index in [1.165, 1.54) is 11.9 Å². The van der Waals surface area contributed by atoms with Crippen molar-refractivity contribution in [2.75, 3.05) is 19.3 Å². The van der Waals surface area contributed by atoms with Gasteiger partial charge in [0.15, 0.2) is 0 Å². The first-order chi connectivity index (χ1) is 5.38. The molecule has 1 aliphatic heterocycles. The normalized spacial score (nSPS) is 24.3. The van der Waals surface area contributed by atoms with Crippen molar-refractivity contribution >= 4 is 25.8 Å². The van der Waals surface area contributed by atoms with Crippen molar-refractivity contribution < 1.29 is 17.9 Å². The number of hydrogen-bond donors (Lipinski definition) is 0. The fraction of sp³-hybridized carbons (Fsp3) is 0.800. The van der Waals surface area contributed by atoms with Crippen LogP contribution in [0.25, 0.3) is 0 Å². The van der Waals surface area contributed by atoms with Crippen LogP contribution < -0.4 is 0 Å². The van der Waals surface area contributed by atoms with Crippen LogP contribution >= 0.6 is 10.7 Å². The summed E-state index contributed by atoms with van der Waals surface area (Å²) in [5, 5.41) is 0. The number of carbonyl (C=O) groups is 1. The Labute approximate surface area is 74.7 Å². The monoisotopic (exact) mass is 213 g/mol. The van der Waals surface area contributed by atoms with E-state index in [1.807, 2.05) is 0 Å². The number of amides is 1. The predicted octanol–water partition coefficient (Wildman–Crippen LogP) is 0.00560. The molecule has 1 fully saturated rings. The third-order valence-corrected chi connectivity index (χ3v) is 2.59. The van der Waals surface area contributed by atoms with Gasteiger partial charge in [0.25, 0.3) is 0 Å². The Morgan fingerprint density at radius 2 is 2.33 bits per heavy atom. The largest absolute Gasteiger partial charge is 0.443 e. The molecule has 1 rings (SSSR count). The molecule has 0 aromatic rings. The summed E-state index contributed by atoms with van der Waals surface area (Å²) in [5.41, 5.74) is 0. The second-order valence-corrected chi connectivity index (χ2v) is 5.41. The number of likely N-dealkylation sites (N-methyl/N-ethyl adjacent to an activating group) is 1. The maximum atomic E-state index is 10.7. The van der Waals surface area contributed by atoms with Crippen molar-refractivity contribution in [3.05, 3.63) is 0 Å². The van der Waals surface area contributed by atoms with Crippen LogP contribution in [-0.2, 0) is 13.8 Å². The summed E-state index contributed by atoms with van der Waals surface area (Å²) in [6, 6.07) is 0. The Kier molecular flexibility index (Phi) is 2.48. The summed E-state index contributed by atoms with van der Waals surface area (Å²) >= 11 is 0. The Morgan fingerprint density at radius 1 is 1.75 bits per heavy atom. The van der Waals surface area contributed by atoms with Crippen LogP contribution in [0.1, 0.15) is 0 Å². The van der Waals surface area contributed by atoms with E-state index in [0.717, 1.165) is 0 Å². The molecule has 1 heterocycles. The van der Waals surface area contributed by atoms with Crippen molar-refractivity contribution in [2.24, 2.45) is 0 Å². The molecule has 12 heavy (non-hydrogen) atoms. The fourth-order valence-corrected chi connectivity index (χ4v) is 2.00. The van der Waals surface area contributed by atoms with Gasteiger partial charge in [0.05, 0.1) is 6.54 Å². The topological polar surface area (TPSA) is 63.7 Å². The van der Waals surface area contributed by atoms with Gasteiger partial charge < -0.3 is 9.64 Å². The van der Waals surface area contributed by atoms with Crippen molar-refractivity contribution in [2.45, 2.75) is 6.10 Å². The van der Waals surface area contributed by atoms with E-state index < -0.39 is 21.2 Å². The first kappa shape index (κ1) is 9.60. The molecule has 1 atom stereocenters. The lowest BCUT2D eigenvalue weighted by Gasteiger charge is -2.03. The molecule has 7 heteroatoms. The first-order valence-corrected chi connectivity index (χ1v) is 5.70. The summed E-state index contributed by atoms with van der Waals surface area (Å²) < 4.78 is 25.8. The predicted molar refractivity (Wildman–Crippen MR) is 42.5 cm³/mol. The molecular formula is C5H8ClNO4S. The Morgan fingerprint density at radius 3 is 2.67 bits per heavy atom. The van der Waals surface area contributed by atoms with Gasteiger partial charge in [-0.15, -0.1) is 0 Å². The van der Waals surface area contributed by atoms with Gasteiger partial charge in [-0.3, -0.25) is 0 Å². The van der Waals surface area contributed by atoms with E-state index in [9.17, 15) is 13.2 Å². The zero-order valence-corrected chi connectivity index (χ0v) is 7.93. The summed E-state index contributed by atoms with van der Waals surface area (Å²) in [6.45, 7) is 0.269. The minimum absolute atomic E-state index is 0.269. The van der Waals surface area contributed by atoms with Crippen LogP contribution in [0.15, 0.2) is 0 Å². The van der Waals surface area contributed by atoms with Gasteiger partial charge in [-0.25, -0.2) is 13.2 Å². The maximum absolute atomic E-state index is 10.7. The second kappa shape index (κ2) is 3.10. The Balaban J connectivity index is 2.54. The number of cyclic esters (lactones) is 1. The number of halogens is 1. The highest BCUT2D eigenvalue weighted by molar-refractivity contribution is 8.13. The minimum atomic E-state index is -3.59. The van der Waals surface area contributed by atoms with Gasteiger partial charge in [-0.2, -0.15) is 0 Å². The molecule has 0 N–H and O–H groups in total. The standard InChI is InChI=1S/C5H8ClNO4S/c1-7-2-4(11-5(7)8)3-12(6,9)10/h4H,2-3H2,1H3. The molecule has 0 saturated carbocycles. The smallest absolute Gasteiger partial charge is 0.409 e. The van der Waals surface area contributed by atoms with Crippen LogP contribution in [0.4, 0.5) is 4.79 Å². The zero-order valence-electron chi connectivity index (χ0n) is 6.36. The average Bonchev–Trinajstić information content (AvgIpc) is 2.07. The molecule has 0 aromatic carbocycles. The highest BCUT2D eigenvalue weighted by Crippen LogP contribution is 2.12. The second-order valence-electron chi connectivity index (χ2n) is 2.59. The lowest BCUT2D eigenvalue weighted by atomic mass is 10.4. The number of nitrogens with zero attached hydrogens (tertiary/aromatic N) is 1. The molecule has 0 radical (unpaired) electrons. The minimum Gasteiger partial charge on any atom is -0.443 e. The van der Waals surface area contributed by atoms with Gasteiger partial charge in [0.1, 0.15) is 11.9 Å². The summed E-state index contributed by atoms with van der Waals surface area (Å²) in [5.74, 6) is -0.329. The number of hydrogen-bond acceptors (Lipinski definition) is 4. The van der Waals surface area contributed by atoms with E-state index in [-0.39, 0.29) is 12.3 Å². The highest BCUT2D eigenvalue weighted by atomic mass is 35.7. The fourth-order valence-electron chi connectivity index (χ4n) is 0.959. The Bertz CT molecular complexity index is 288. The lowest BCUT2D eigenvalue weighted by molar-refractivity contribution is 0.142. The quantitative estimate of drug-likeness (QED) is 0.606. The summed E-state index contributed by atoms with van der Waals surface area (Å²) in [7, 11) is 2.92. The molecule has 70 valence electrons. The number of carbonyl (C=O) groups excluding carboxylic acids is 1. The molecule has 0 bridgehead atoms. The van der Waals surface area contributed by atoms with E-state index in [2.05, 4.69) is 4.74 Å². The third kappa shape index (κ3) is 2.53. The molecule has 1 unspecified atom stereocenters. The van der Waals surface area contributed by atoms with E-state index in [0.29, 0.717) is 0 Å². The van der Waals surface area contributed by atoms with Gasteiger partial charge in [0.2, 0.25) is 9.05 Å². The molecule has 1 aliphatic rings. The molecule has 0 aliphatic carbocycles. The maximum Gasteiger partial charge on any atom is 0.409 e. The van der Waals surface area contributed by atoms with Crippen molar-refractivity contribution in [3.8, 4) is 0 Å². The van der Waals surface area contributed by atoms with Crippen LogP contribution in [-0.4, -0.2) is 44.9 Å². The molecule has 5 nitrogen and oxygen atoms in total. The van der Waals surface area contributed by atoms with Gasteiger partial charge in [0, 0.05) is 17.7 Å². The zero-order chi connectivity index (χ0) is 9.35.